The van der Waals surface area contributed by atoms with Gasteiger partial charge in [-0.15, -0.1) is 0 Å². The Labute approximate surface area is 146 Å². The summed E-state index contributed by atoms with van der Waals surface area (Å²) in [5.74, 6) is 0.848. The molecule has 2 aromatic heterocycles. The monoisotopic (exact) mass is 365 g/mol. The van der Waals surface area contributed by atoms with Crippen LogP contribution in [-0.2, 0) is 6.18 Å². The summed E-state index contributed by atoms with van der Waals surface area (Å²) >= 11 is 0. The molecular formula is C17H15F4N5. The Morgan fingerprint density at radius 3 is 2.35 bits per heavy atom. The summed E-state index contributed by atoms with van der Waals surface area (Å²) in [6.45, 7) is 2.46. The van der Waals surface area contributed by atoms with E-state index in [1.807, 2.05) is 9.80 Å². The zero-order valence-corrected chi connectivity index (χ0v) is 13.6. The van der Waals surface area contributed by atoms with Crippen molar-refractivity contribution >= 4 is 22.8 Å². The van der Waals surface area contributed by atoms with Gasteiger partial charge in [-0.1, -0.05) is 0 Å². The summed E-state index contributed by atoms with van der Waals surface area (Å²) in [4.78, 5) is 15.4. The molecule has 3 aromatic rings. The Balaban J connectivity index is 1.44. The van der Waals surface area contributed by atoms with E-state index in [0.29, 0.717) is 49.0 Å². The number of nitrogens with one attached hydrogen (secondary N) is 1. The minimum atomic E-state index is -4.38. The normalized spacial score (nSPS) is 15.7. The van der Waals surface area contributed by atoms with Crippen LogP contribution in [-0.4, -0.2) is 41.1 Å². The fourth-order valence-electron chi connectivity index (χ4n) is 3.01. The highest BCUT2D eigenvalue weighted by Crippen LogP contribution is 2.29. The minimum Gasteiger partial charge on any atom is -0.353 e. The van der Waals surface area contributed by atoms with Gasteiger partial charge in [0.2, 0.25) is 5.95 Å². The average Bonchev–Trinajstić information content (AvgIpc) is 3.04. The third kappa shape index (κ3) is 3.16. The summed E-state index contributed by atoms with van der Waals surface area (Å²) in [6, 6.07) is 6.81. The van der Waals surface area contributed by atoms with E-state index in [4.69, 9.17) is 0 Å². The number of hydrogen-bond acceptors (Lipinski definition) is 4. The van der Waals surface area contributed by atoms with Gasteiger partial charge in [-0.3, -0.25) is 0 Å². The lowest BCUT2D eigenvalue weighted by atomic mass is 10.2. The maximum absolute atomic E-state index is 13.3. The van der Waals surface area contributed by atoms with Gasteiger partial charge in [-0.2, -0.15) is 13.2 Å². The van der Waals surface area contributed by atoms with Crippen LogP contribution in [0.5, 0.6) is 0 Å². The molecule has 1 aromatic carbocycles. The highest BCUT2D eigenvalue weighted by molar-refractivity contribution is 5.77. The van der Waals surface area contributed by atoms with Crippen molar-refractivity contribution in [1.82, 2.24) is 15.0 Å². The van der Waals surface area contributed by atoms with Crippen LogP contribution in [0, 0.1) is 5.82 Å². The predicted molar refractivity (Wildman–Crippen MR) is 89.7 cm³/mol. The van der Waals surface area contributed by atoms with E-state index >= 15 is 0 Å². The summed E-state index contributed by atoms with van der Waals surface area (Å²) in [6.07, 6.45) is -3.53. The zero-order valence-electron chi connectivity index (χ0n) is 13.6. The van der Waals surface area contributed by atoms with E-state index in [-0.39, 0.29) is 5.82 Å². The van der Waals surface area contributed by atoms with Gasteiger partial charge < -0.3 is 14.8 Å². The molecule has 1 aliphatic heterocycles. The number of nitrogens with zero attached hydrogens (tertiary/aromatic N) is 4. The molecule has 136 valence electrons. The van der Waals surface area contributed by atoms with Crippen molar-refractivity contribution in [2.45, 2.75) is 6.18 Å². The molecule has 0 atom stereocenters. The number of hydrogen-bond donors (Lipinski definition) is 1. The number of alkyl halides is 3. The van der Waals surface area contributed by atoms with E-state index in [2.05, 4.69) is 15.0 Å². The number of aromatic nitrogens is 3. The van der Waals surface area contributed by atoms with E-state index < -0.39 is 11.7 Å². The lowest BCUT2D eigenvalue weighted by Gasteiger charge is -2.35. The number of pyridine rings is 1. The fourth-order valence-corrected chi connectivity index (χ4v) is 3.01. The second kappa shape index (κ2) is 6.15. The molecule has 0 spiro atoms. The number of anilines is 2. The summed E-state index contributed by atoms with van der Waals surface area (Å²) in [5.41, 5.74) is 0.564. The van der Waals surface area contributed by atoms with Crippen molar-refractivity contribution in [3.63, 3.8) is 0 Å². The first-order valence-corrected chi connectivity index (χ1v) is 8.08. The lowest BCUT2D eigenvalue weighted by molar-refractivity contribution is -0.137. The number of imidazole rings is 1. The van der Waals surface area contributed by atoms with Crippen molar-refractivity contribution in [1.29, 1.82) is 0 Å². The predicted octanol–water partition coefficient (Wildman–Crippen LogP) is 3.44. The van der Waals surface area contributed by atoms with Gasteiger partial charge in [0.05, 0.1) is 16.6 Å². The molecule has 1 N–H and O–H groups in total. The van der Waals surface area contributed by atoms with Crippen molar-refractivity contribution in [3.8, 4) is 0 Å². The molecule has 9 heteroatoms. The van der Waals surface area contributed by atoms with E-state index in [0.717, 1.165) is 12.3 Å². The van der Waals surface area contributed by atoms with Gasteiger partial charge in [0.15, 0.2) is 0 Å². The Morgan fingerprint density at radius 1 is 0.962 bits per heavy atom. The van der Waals surface area contributed by atoms with Gasteiger partial charge >= 0.3 is 6.18 Å². The summed E-state index contributed by atoms with van der Waals surface area (Å²) in [5, 5.41) is 0. The maximum atomic E-state index is 13.3. The van der Waals surface area contributed by atoms with Crippen LogP contribution in [0.25, 0.3) is 11.0 Å². The number of rotatable bonds is 2. The molecule has 3 heterocycles. The lowest BCUT2D eigenvalue weighted by Crippen LogP contribution is -2.47. The van der Waals surface area contributed by atoms with Crippen molar-refractivity contribution in [2.24, 2.45) is 0 Å². The quantitative estimate of drug-likeness (QED) is 0.707. The van der Waals surface area contributed by atoms with Crippen molar-refractivity contribution in [2.75, 3.05) is 36.0 Å². The maximum Gasteiger partial charge on any atom is 0.417 e. The number of fused-ring (bicyclic) bond motifs is 1. The molecule has 4 rings (SSSR count). The molecule has 0 aliphatic carbocycles. The van der Waals surface area contributed by atoms with Crippen molar-refractivity contribution < 1.29 is 17.6 Å². The third-order valence-corrected chi connectivity index (χ3v) is 4.41. The number of H-pyrrole nitrogens is 1. The molecule has 1 fully saturated rings. The first kappa shape index (κ1) is 16.6. The first-order chi connectivity index (χ1) is 12.4. The molecule has 0 saturated carbocycles. The van der Waals surface area contributed by atoms with Gasteiger partial charge in [-0.05, 0) is 30.3 Å². The van der Waals surface area contributed by atoms with Crippen LogP contribution in [0.4, 0.5) is 29.3 Å². The second-order valence-corrected chi connectivity index (χ2v) is 6.10. The van der Waals surface area contributed by atoms with E-state index in [1.54, 1.807) is 6.07 Å². The standard InChI is InChI=1S/C17H15F4N5/c18-12-2-3-13-14(9-12)24-16(23-13)26-7-5-25(6-8-26)15-4-1-11(10-22-15)17(19,20)21/h1-4,9-10H,5-8H2,(H,23,24). The first-order valence-electron chi connectivity index (χ1n) is 8.08. The topological polar surface area (TPSA) is 48.1 Å². The number of piperazine rings is 1. The van der Waals surface area contributed by atoms with Gasteiger partial charge in [-0.25, -0.2) is 14.4 Å². The Kier molecular flexibility index (Phi) is 3.93. The van der Waals surface area contributed by atoms with Gasteiger partial charge in [0.25, 0.3) is 0 Å². The zero-order chi connectivity index (χ0) is 18.3. The van der Waals surface area contributed by atoms with Gasteiger partial charge in [0, 0.05) is 32.4 Å². The number of halogens is 4. The van der Waals surface area contributed by atoms with Crippen LogP contribution in [0.15, 0.2) is 36.5 Å². The molecule has 0 radical (unpaired) electrons. The molecule has 0 bridgehead atoms. The molecule has 1 saturated heterocycles. The average molecular weight is 365 g/mol. The molecule has 1 aliphatic rings. The Bertz CT molecular complexity index is 911. The summed E-state index contributed by atoms with van der Waals surface area (Å²) < 4.78 is 51.1. The minimum absolute atomic E-state index is 0.328. The largest absolute Gasteiger partial charge is 0.417 e. The Hall–Kier alpha value is -2.84. The SMILES string of the molecule is Fc1ccc2nc(N3CCN(c4ccc(C(F)(F)F)cn4)CC3)[nH]c2c1. The van der Waals surface area contributed by atoms with Crippen LogP contribution < -0.4 is 9.80 Å². The third-order valence-electron chi connectivity index (χ3n) is 4.41. The molecule has 5 nitrogen and oxygen atoms in total. The van der Waals surface area contributed by atoms with Crippen LogP contribution in [0.1, 0.15) is 5.56 Å². The summed E-state index contributed by atoms with van der Waals surface area (Å²) in [7, 11) is 0. The van der Waals surface area contributed by atoms with Crippen LogP contribution in [0.2, 0.25) is 0 Å². The second-order valence-electron chi connectivity index (χ2n) is 6.10. The smallest absolute Gasteiger partial charge is 0.353 e. The number of benzene rings is 1. The number of aromatic amines is 1. The molecule has 0 unspecified atom stereocenters. The van der Waals surface area contributed by atoms with E-state index in [9.17, 15) is 17.6 Å². The van der Waals surface area contributed by atoms with Gasteiger partial charge in [0.1, 0.15) is 11.6 Å². The molecule has 26 heavy (non-hydrogen) atoms. The molecule has 0 amide bonds. The highest BCUT2D eigenvalue weighted by Gasteiger charge is 2.31. The van der Waals surface area contributed by atoms with E-state index in [1.165, 1.54) is 18.2 Å². The van der Waals surface area contributed by atoms with Crippen LogP contribution in [0.3, 0.4) is 0 Å². The highest BCUT2D eigenvalue weighted by atomic mass is 19.4. The fraction of sp³-hybridized carbons (Fsp3) is 0.294. The van der Waals surface area contributed by atoms with Crippen LogP contribution >= 0.6 is 0 Å². The van der Waals surface area contributed by atoms with Crippen molar-refractivity contribution in [3.05, 3.63) is 47.9 Å². The molecular weight excluding hydrogens is 350 g/mol. The Morgan fingerprint density at radius 2 is 1.69 bits per heavy atom.